The first-order valence-electron chi connectivity index (χ1n) is 8.03. The number of nitrogens with one attached hydrogen (secondary N) is 1. The molecule has 1 unspecified atom stereocenters. The van der Waals surface area contributed by atoms with Gasteiger partial charge in [0.2, 0.25) is 0 Å². The Morgan fingerprint density at radius 3 is 2.37 bits per heavy atom. The minimum atomic E-state index is 0.000672. The third-order valence-corrected chi connectivity index (χ3v) is 4.85. The quantitative estimate of drug-likeness (QED) is 0.768. The van der Waals surface area contributed by atoms with E-state index >= 15 is 0 Å². The highest BCUT2D eigenvalue weighted by atomic mass is 16.5. The van der Waals surface area contributed by atoms with E-state index < -0.39 is 0 Å². The van der Waals surface area contributed by atoms with Crippen LogP contribution in [0.5, 0.6) is 0 Å². The monoisotopic (exact) mass is 268 g/mol. The van der Waals surface area contributed by atoms with Crippen molar-refractivity contribution in [3.63, 3.8) is 0 Å². The number of piperidine rings is 1. The van der Waals surface area contributed by atoms with Crippen molar-refractivity contribution in [1.82, 2.24) is 10.2 Å². The van der Waals surface area contributed by atoms with E-state index in [4.69, 9.17) is 4.74 Å². The molecule has 1 aliphatic heterocycles. The Bertz CT molecular complexity index is 270. The Hall–Kier alpha value is -0.120. The van der Waals surface area contributed by atoms with Crippen LogP contribution in [0, 0.1) is 5.92 Å². The van der Waals surface area contributed by atoms with Gasteiger partial charge < -0.3 is 10.1 Å². The van der Waals surface area contributed by atoms with Crippen LogP contribution in [-0.4, -0.2) is 49.3 Å². The zero-order valence-corrected chi connectivity index (χ0v) is 13.2. The fourth-order valence-corrected chi connectivity index (χ4v) is 3.37. The minimum absolute atomic E-state index is 0.000672. The maximum absolute atomic E-state index is 5.61. The van der Waals surface area contributed by atoms with Crippen molar-refractivity contribution in [3.05, 3.63) is 0 Å². The topological polar surface area (TPSA) is 24.5 Å². The summed E-state index contributed by atoms with van der Waals surface area (Å²) < 4.78 is 5.61. The molecule has 1 aliphatic carbocycles. The molecule has 0 spiro atoms. The molecule has 2 aliphatic rings. The summed E-state index contributed by atoms with van der Waals surface area (Å²) in [7, 11) is 1.83. The number of ether oxygens (including phenoxy) is 1. The smallest absolute Gasteiger partial charge is 0.0637 e. The number of hydrogen-bond donors (Lipinski definition) is 1. The second kappa shape index (κ2) is 6.55. The lowest BCUT2D eigenvalue weighted by Crippen LogP contribution is -2.44. The van der Waals surface area contributed by atoms with Crippen LogP contribution in [0.3, 0.4) is 0 Å². The molecule has 112 valence electrons. The molecule has 0 radical (unpaired) electrons. The lowest BCUT2D eigenvalue weighted by Gasteiger charge is -2.37. The molecule has 3 heteroatoms. The largest absolute Gasteiger partial charge is 0.379 e. The molecule has 0 amide bonds. The highest BCUT2D eigenvalue weighted by Crippen LogP contribution is 2.33. The van der Waals surface area contributed by atoms with E-state index in [2.05, 4.69) is 31.0 Å². The summed E-state index contributed by atoms with van der Waals surface area (Å²) in [5, 5.41) is 3.47. The van der Waals surface area contributed by atoms with Crippen LogP contribution in [0.25, 0.3) is 0 Å². The van der Waals surface area contributed by atoms with Gasteiger partial charge in [0.05, 0.1) is 5.60 Å². The Labute approximate surface area is 119 Å². The van der Waals surface area contributed by atoms with Gasteiger partial charge in [0.25, 0.3) is 0 Å². The predicted octanol–water partition coefficient (Wildman–Crippen LogP) is 2.65. The molecule has 3 nitrogen and oxygen atoms in total. The average Bonchev–Trinajstić information content (AvgIpc) is 3.21. The van der Waals surface area contributed by atoms with E-state index in [0.29, 0.717) is 6.04 Å². The lowest BCUT2D eigenvalue weighted by molar-refractivity contribution is -0.01000. The normalized spacial score (nSPS) is 23.8. The molecule has 0 aromatic carbocycles. The summed E-state index contributed by atoms with van der Waals surface area (Å²) in [6, 6.07) is 1.50. The van der Waals surface area contributed by atoms with Gasteiger partial charge in [-0.25, -0.2) is 0 Å². The summed E-state index contributed by atoms with van der Waals surface area (Å²) in [6.07, 6.45) is 6.64. The van der Waals surface area contributed by atoms with Crippen LogP contribution in [0.4, 0.5) is 0 Å². The minimum Gasteiger partial charge on any atom is -0.379 e. The van der Waals surface area contributed by atoms with Crippen LogP contribution in [0.2, 0.25) is 0 Å². The third-order valence-electron chi connectivity index (χ3n) is 4.85. The lowest BCUT2D eigenvalue weighted by atomic mass is 9.94. The van der Waals surface area contributed by atoms with Gasteiger partial charge in [0.1, 0.15) is 0 Å². The molecular formula is C16H32N2O. The second-order valence-corrected chi connectivity index (χ2v) is 7.14. The van der Waals surface area contributed by atoms with Gasteiger partial charge >= 0.3 is 0 Å². The molecule has 1 saturated heterocycles. The average molecular weight is 268 g/mol. The Kier molecular flexibility index (Phi) is 5.27. The zero-order chi connectivity index (χ0) is 13.9. The number of rotatable bonds is 7. The van der Waals surface area contributed by atoms with E-state index in [1.54, 1.807) is 0 Å². The molecule has 1 saturated carbocycles. The van der Waals surface area contributed by atoms with Crippen LogP contribution in [0.1, 0.15) is 52.9 Å². The predicted molar refractivity (Wildman–Crippen MR) is 80.5 cm³/mol. The van der Waals surface area contributed by atoms with Crippen molar-refractivity contribution >= 4 is 0 Å². The molecule has 1 heterocycles. The molecule has 0 aromatic rings. The maximum Gasteiger partial charge on any atom is 0.0637 e. The summed E-state index contributed by atoms with van der Waals surface area (Å²) in [5.74, 6) is 0.898. The summed E-state index contributed by atoms with van der Waals surface area (Å²) in [5.41, 5.74) is 0.000672. The van der Waals surface area contributed by atoms with Gasteiger partial charge in [0, 0.05) is 25.7 Å². The summed E-state index contributed by atoms with van der Waals surface area (Å²) in [6.45, 7) is 10.5. The third kappa shape index (κ3) is 4.73. The van der Waals surface area contributed by atoms with Crippen molar-refractivity contribution in [2.45, 2.75) is 70.6 Å². The first-order valence-corrected chi connectivity index (χ1v) is 8.03. The number of methoxy groups -OCH3 is 1. The highest BCUT2D eigenvalue weighted by Gasteiger charge is 2.35. The van der Waals surface area contributed by atoms with Gasteiger partial charge in [-0.1, -0.05) is 0 Å². The SMILES string of the molecule is COC(C)(C)CC(C)N(CC1CCNCC1)C1CC1. The molecule has 19 heavy (non-hydrogen) atoms. The van der Waals surface area contributed by atoms with Crippen LogP contribution in [0.15, 0.2) is 0 Å². The Morgan fingerprint density at radius 1 is 1.21 bits per heavy atom. The van der Waals surface area contributed by atoms with Gasteiger partial charge in [-0.05, 0) is 71.9 Å². The molecule has 1 N–H and O–H groups in total. The Balaban J connectivity index is 1.87. The fourth-order valence-electron chi connectivity index (χ4n) is 3.37. The van der Waals surface area contributed by atoms with Crippen molar-refractivity contribution < 1.29 is 4.74 Å². The van der Waals surface area contributed by atoms with Crippen molar-refractivity contribution in [1.29, 1.82) is 0 Å². The van der Waals surface area contributed by atoms with Gasteiger partial charge in [0.15, 0.2) is 0 Å². The second-order valence-electron chi connectivity index (χ2n) is 7.14. The summed E-state index contributed by atoms with van der Waals surface area (Å²) in [4.78, 5) is 2.77. The molecule has 2 rings (SSSR count). The van der Waals surface area contributed by atoms with E-state index in [9.17, 15) is 0 Å². The van der Waals surface area contributed by atoms with Crippen molar-refractivity contribution in [2.24, 2.45) is 5.92 Å². The van der Waals surface area contributed by atoms with Gasteiger partial charge in [-0.15, -0.1) is 0 Å². The van der Waals surface area contributed by atoms with Crippen LogP contribution in [-0.2, 0) is 4.74 Å². The van der Waals surface area contributed by atoms with E-state index in [0.717, 1.165) is 18.4 Å². The Morgan fingerprint density at radius 2 is 1.84 bits per heavy atom. The fraction of sp³-hybridized carbons (Fsp3) is 1.00. The van der Waals surface area contributed by atoms with Crippen LogP contribution < -0.4 is 5.32 Å². The molecule has 1 atom stereocenters. The molecule has 0 bridgehead atoms. The first kappa shape index (κ1) is 15.3. The van der Waals surface area contributed by atoms with E-state index in [1.807, 2.05) is 7.11 Å². The molecule has 0 aromatic heterocycles. The first-order chi connectivity index (χ1) is 9.02. The van der Waals surface area contributed by atoms with Gasteiger partial charge in [-0.3, -0.25) is 4.90 Å². The van der Waals surface area contributed by atoms with Crippen LogP contribution >= 0.6 is 0 Å². The summed E-state index contributed by atoms with van der Waals surface area (Å²) >= 11 is 0. The molecule has 2 fully saturated rings. The molecular weight excluding hydrogens is 236 g/mol. The highest BCUT2D eigenvalue weighted by molar-refractivity contribution is 4.91. The standard InChI is InChI=1S/C16H32N2O/c1-13(11-16(2,3)19-4)18(15-5-6-15)12-14-7-9-17-10-8-14/h13-15,17H,5-12H2,1-4H3. The number of nitrogens with zero attached hydrogens (tertiary/aromatic N) is 1. The number of hydrogen-bond acceptors (Lipinski definition) is 3. The van der Waals surface area contributed by atoms with Crippen molar-refractivity contribution in [2.75, 3.05) is 26.7 Å². The maximum atomic E-state index is 5.61. The zero-order valence-electron chi connectivity index (χ0n) is 13.2. The van der Waals surface area contributed by atoms with Crippen molar-refractivity contribution in [3.8, 4) is 0 Å². The van der Waals surface area contributed by atoms with E-state index in [1.165, 1.54) is 45.3 Å². The van der Waals surface area contributed by atoms with E-state index in [-0.39, 0.29) is 5.60 Å². The van der Waals surface area contributed by atoms with Gasteiger partial charge in [-0.2, -0.15) is 0 Å².